The highest BCUT2D eigenvalue weighted by Crippen LogP contribution is 2.46. The maximum atomic E-state index is 11.8. The number of aryl methyl sites for hydroxylation is 2. The Hall–Kier alpha value is -5.66. The summed E-state index contributed by atoms with van der Waals surface area (Å²) in [6.45, 7) is 19.1. The van der Waals surface area contributed by atoms with Crippen molar-refractivity contribution < 1.29 is 9.53 Å². The molecule has 4 aromatic rings. The minimum absolute atomic E-state index is 0.103. The van der Waals surface area contributed by atoms with Crippen LogP contribution >= 0.6 is 0 Å². The first kappa shape index (κ1) is 45.5. The van der Waals surface area contributed by atoms with Gasteiger partial charge in [-0.15, -0.1) is 10.2 Å². The number of rotatable bonds is 7. The first-order valence-corrected chi connectivity index (χ1v) is 24.9. The molecule has 7 heterocycles. The van der Waals surface area contributed by atoms with Crippen molar-refractivity contribution in [1.82, 2.24) is 30.2 Å². The number of benzene rings is 2. The number of nitriles is 2. The fraction of sp³-hybridized carbons (Fsp3) is 0.585. The van der Waals surface area contributed by atoms with Crippen LogP contribution in [0.4, 0.5) is 23.0 Å². The van der Waals surface area contributed by atoms with Gasteiger partial charge in [-0.1, -0.05) is 19.3 Å². The molecule has 3 saturated heterocycles. The van der Waals surface area contributed by atoms with Crippen LogP contribution in [0.25, 0.3) is 0 Å². The van der Waals surface area contributed by atoms with E-state index >= 15 is 0 Å². The van der Waals surface area contributed by atoms with Gasteiger partial charge >= 0.3 is 0 Å². The van der Waals surface area contributed by atoms with Gasteiger partial charge in [-0.2, -0.15) is 15.6 Å². The van der Waals surface area contributed by atoms with Crippen LogP contribution in [0.3, 0.4) is 0 Å². The number of hydrogen-bond donors (Lipinski definition) is 1. The number of aromatic amines is 1. The van der Waals surface area contributed by atoms with Gasteiger partial charge in [0.2, 0.25) is 11.8 Å². The van der Waals surface area contributed by atoms with Crippen molar-refractivity contribution in [2.75, 3.05) is 67.1 Å². The SMILES string of the molecule is CC(=O)N1CCc2[nH]nc(N3CCCc4cc(C#N)c(C)cc43)c2C1.Cc1c(C#N)ccc(N2CC3(CCN(c4ccc(OC5CCN(CC6CCCCC6)CC5)nn4)CC3)C[C@@H]2C)c1C. The molecule has 66 heavy (non-hydrogen) atoms. The number of aromatic nitrogens is 4. The zero-order valence-electron chi connectivity index (χ0n) is 40.0. The predicted octanol–water partition coefficient (Wildman–Crippen LogP) is 8.85. The number of piperidine rings is 2. The van der Waals surface area contributed by atoms with Gasteiger partial charge in [0, 0.05) is 100 Å². The van der Waals surface area contributed by atoms with E-state index in [0.717, 1.165) is 135 Å². The van der Waals surface area contributed by atoms with Crippen molar-refractivity contribution in [2.45, 2.75) is 137 Å². The standard InChI is InChI=1S/C34H48N6O.C19H21N5O/c1-25-21-34(24-40(25)31-10-9-29(22-35)26(2)27(31)3)15-19-39(20-16-34)32-11-12-33(37-36-32)41-30-13-17-38(18-14-30)23-28-7-5-4-6-8-28;1-12-8-18-14(9-15(12)10-20)4-3-6-24(18)19-16-11-23(13(2)25)7-5-17(16)21-22-19/h9-12,25,28,30H,4-8,13-21,23-24H2,1-3H3;8-9H,3-7,11H2,1-2H3,(H,21,22)/t25-;/m0./s1. The van der Waals surface area contributed by atoms with Crippen LogP contribution in [0, 0.1) is 54.8 Å². The summed E-state index contributed by atoms with van der Waals surface area (Å²) in [5, 5.41) is 35.6. The lowest BCUT2D eigenvalue weighted by Gasteiger charge is -2.40. The molecule has 1 aliphatic carbocycles. The maximum Gasteiger partial charge on any atom is 0.233 e. The quantitative estimate of drug-likeness (QED) is 0.190. The largest absolute Gasteiger partial charge is 0.473 e. The van der Waals surface area contributed by atoms with Gasteiger partial charge in [0.1, 0.15) is 6.10 Å². The zero-order valence-corrected chi connectivity index (χ0v) is 40.0. The second-order valence-corrected chi connectivity index (χ2v) is 20.4. The summed E-state index contributed by atoms with van der Waals surface area (Å²) in [7, 11) is 0. The summed E-state index contributed by atoms with van der Waals surface area (Å²) in [4.78, 5) is 23.5. The number of carbonyl (C=O) groups excluding carboxylic acids is 1. The summed E-state index contributed by atoms with van der Waals surface area (Å²) in [6, 6.07) is 17.5. The summed E-state index contributed by atoms with van der Waals surface area (Å²) in [5.74, 6) is 3.57. The lowest BCUT2D eigenvalue weighted by Crippen LogP contribution is -2.42. The molecular weight excluding hydrogens is 823 g/mol. The summed E-state index contributed by atoms with van der Waals surface area (Å²) in [5.41, 5.74) is 11.1. The smallest absolute Gasteiger partial charge is 0.233 e. The molecule has 13 heteroatoms. The van der Waals surface area contributed by atoms with Gasteiger partial charge in [-0.3, -0.25) is 9.89 Å². The van der Waals surface area contributed by atoms with Crippen LogP contribution < -0.4 is 19.4 Å². The lowest BCUT2D eigenvalue weighted by atomic mass is 9.77. The van der Waals surface area contributed by atoms with E-state index in [2.05, 4.69) is 91.1 Å². The van der Waals surface area contributed by atoms with Crippen molar-refractivity contribution in [3.8, 4) is 18.0 Å². The minimum atomic E-state index is 0.103. The highest BCUT2D eigenvalue weighted by molar-refractivity contribution is 5.75. The van der Waals surface area contributed by atoms with Crippen LogP contribution in [0.5, 0.6) is 5.88 Å². The van der Waals surface area contributed by atoms with Crippen molar-refractivity contribution in [3.63, 3.8) is 0 Å². The Labute approximate surface area is 392 Å². The molecule has 0 radical (unpaired) electrons. The normalized spacial score (nSPS) is 21.1. The Morgan fingerprint density at radius 1 is 0.848 bits per heavy atom. The number of anilines is 4. The maximum absolute atomic E-state index is 11.8. The predicted molar refractivity (Wildman–Crippen MR) is 259 cm³/mol. The van der Waals surface area contributed by atoms with Crippen molar-refractivity contribution in [1.29, 1.82) is 10.5 Å². The number of fused-ring (bicyclic) bond motifs is 2. The van der Waals surface area contributed by atoms with Gasteiger partial charge in [-0.25, -0.2) is 0 Å². The van der Waals surface area contributed by atoms with E-state index in [1.165, 1.54) is 74.7 Å². The Kier molecular flexibility index (Phi) is 13.6. The molecule has 348 valence electrons. The zero-order chi connectivity index (χ0) is 46.0. The molecule has 6 aliphatic rings. The van der Waals surface area contributed by atoms with Crippen LogP contribution in [-0.4, -0.2) is 101 Å². The van der Waals surface area contributed by atoms with Crippen LogP contribution in [0.2, 0.25) is 0 Å². The van der Waals surface area contributed by atoms with Crippen LogP contribution in [0.1, 0.15) is 129 Å². The molecule has 0 unspecified atom stereocenters. The highest BCUT2D eigenvalue weighted by Gasteiger charge is 2.45. The molecule has 13 nitrogen and oxygen atoms in total. The molecule has 2 aromatic heterocycles. The number of likely N-dealkylation sites (tertiary alicyclic amines) is 1. The third kappa shape index (κ3) is 9.60. The molecule has 2 aromatic carbocycles. The van der Waals surface area contributed by atoms with Crippen molar-refractivity contribution in [3.05, 3.63) is 81.0 Å². The first-order chi connectivity index (χ1) is 32.0. The molecule has 5 aliphatic heterocycles. The highest BCUT2D eigenvalue weighted by atomic mass is 16.5. The number of carbonyl (C=O) groups is 1. The van der Waals surface area contributed by atoms with Gasteiger partial charge in [0.25, 0.3) is 0 Å². The number of H-pyrrole nitrogens is 1. The van der Waals surface area contributed by atoms with E-state index in [1.54, 1.807) is 6.92 Å². The third-order valence-electron chi connectivity index (χ3n) is 16.1. The van der Waals surface area contributed by atoms with Crippen molar-refractivity contribution >= 4 is 28.9 Å². The third-order valence-corrected chi connectivity index (χ3v) is 16.1. The topological polar surface area (TPSA) is 145 Å². The Balaban J connectivity index is 0.000000187. The summed E-state index contributed by atoms with van der Waals surface area (Å²) < 4.78 is 6.27. The van der Waals surface area contributed by atoms with Gasteiger partial charge in [0.15, 0.2) is 11.6 Å². The van der Waals surface area contributed by atoms with E-state index in [9.17, 15) is 15.3 Å². The molecule has 1 atom stereocenters. The Bertz CT molecular complexity index is 2450. The summed E-state index contributed by atoms with van der Waals surface area (Å²) >= 11 is 0. The van der Waals surface area contributed by atoms with E-state index < -0.39 is 0 Å². The second-order valence-electron chi connectivity index (χ2n) is 20.4. The molecular formula is C53H69N11O2. The van der Waals surface area contributed by atoms with Gasteiger partial charge in [-0.05, 0) is 149 Å². The number of ether oxygens (including phenoxy) is 1. The lowest BCUT2D eigenvalue weighted by molar-refractivity contribution is -0.129. The van der Waals surface area contributed by atoms with E-state index in [1.807, 2.05) is 30.0 Å². The molecule has 1 saturated carbocycles. The fourth-order valence-electron chi connectivity index (χ4n) is 12.0. The van der Waals surface area contributed by atoms with E-state index in [-0.39, 0.29) is 12.0 Å². The van der Waals surface area contributed by atoms with E-state index in [4.69, 9.17) is 4.74 Å². The number of amides is 1. The molecule has 4 fully saturated rings. The average Bonchev–Trinajstić information content (AvgIpc) is 3.90. The van der Waals surface area contributed by atoms with Crippen LogP contribution in [0.15, 0.2) is 36.4 Å². The number of hydrogen-bond acceptors (Lipinski definition) is 11. The fourth-order valence-corrected chi connectivity index (χ4v) is 12.0. The molecule has 10 rings (SSSR count). The number of nitrogens with zero attached hydrogens (tertiary/aromatic N) is 10. The van der Waals surface area contributed by atoms with Gasteiger partial charge in [0.05, 0.1) is 29.8 Å². The second kappa shape index (κ2) is 19.7. The monoisotopic (exact) mass is 892 g/mol. The van der Waals surface area contributed by atoms with E-state index in [0.29, 0.717) is 23.9 Å². The van der Waals surface area contributed by atoms with Crippen LogP contribution in [-0.2, 0) is 24.2 Å². The Morgan fingerprint density at radius 3 is 2.33 bits per heavy atom. The first-order valence-electron chi connectivity index (χ1n) is 24.9. The summed E-state index contributed by atoms with van der Waals surface area (Å²) in [6.07, 6.45) is 15.9. The molecule has 1 amide bonds. The molecule has 1 spiro atoms. The van der Waals surface area contributed by atoms with Gasteiger partial charge < -0.3 is 29.2 Å². The minimum Gasteiger partial charge on any atom is -0.473 e. The van der Waals surface area contributed by atoms with Crippen molar-refractivity contribution in [2.24, 2.45) is 11.3 Å². The molecule has 1 N–H and O–H groups in total. The average molecular weight is 892 g/mol. The number of nitrogens with one attached hydrogen (secondary N) is 1. The Morgan fingerprint density at radius 2 is 1.62 bits per heavy atom. The molecule has 0 bridgehead atoms.